The second kappa shape index (κ2) is 7.34. The Morgan fingerprint density at radius 2 is 2.28 bits per heavy atom. The molecule has 1 aromatic carbocycles. The predicted molar refractivity (Wildman–Crippen MR) is 79.8 cm³/mol. The van der Waals surface area contributed by atoms with Crippen molar-refractivity contribution in [2.75, 3.05) is 13.1 Å². The van der Waals surface area contributed by atoms with E-state index in [1.54, 1.807) is 18.2 Å². The van der Waals surface area contributed by atoms with Crippen LogP contribution in [0.25, 0.3) is 0 Å². The Morgan fingerprint density at radius 3 is 2.94 bits per heavy atom. The van der Waals surface area contributed by atoms with Crippen LogP contribution < -0.4 is 10.6 Å². The van der Waals surface area contributed by atoms with Crippen LogP contribution in [0.2, 0.25) is 5.02 Å². The van der Waals surface area contributed by atoms with Gasteiger partial charge in [0.25, 0.3) is 5.91 Å². The van der Waals surface area contributed by atoms with E-state index in [9.17, 15) is 4.79 Å². The van der Waals surface area contributed by atoms with E-state index in [0.29, 0.717) is 10.6 Å². The summed E-state index contributed by atoms with van der Waals surface area (Å²) in [6.45, 7) is 1.87. The number of carbonyl (C=O) groups is 1. The molecular formula is C12H15BrCl2N2O. The zero-order valence-electron chi connectivity index (χ0n) is 9.71. The average molecular weight is 354 g/mol. The van der Waals surface area contributed by atoms with E-state index in [2.05, 4.69) is 26.6 Å². The van der Waals surface area contributed by atoms with Gasteiger partial charge in [0.1, 0.15) is 0 Å². The van der Waals surface area contributed by atoms with E-state index in [4.69, 9.17) is 11.6 Å². The molecule has 0 aliphatic carbocycles. The SMILES string of the molecule is Cl.O=C(NC1CCCNC1)c1cc(Cl)ccc1Br. The fraction of sp³-hybridized carbons (Fsp3) is 0.417. The molecule has 0 saturated carbocycles. The summed E-state index contributed by atoms with van der Waals surface area (Å²) in [7, 11) is 0. The zero-order valence-corrected chi connectivity index (χ0v) is 12.9. The van der Waals surface area contributed by atoms with Crippen molar-refractivity contribution in [2.24, 2.45) is 0 Å². The van der Waals surface area contributed by atoms with Gasteiger partial charge in [-0.05, 0) is 53.5 Å². The average Bonchev–Trinajstić information content (AvgIpc) is 2.33. The maximum Gasteiger partial charge on any atom is 0.252 e. The minimum absolute atomic E-state index is 0. The van der Waals surface area contributed by atoms with Crippen LogP contribution in [0.5, 0.6) is 0 Å². The number of piperidine rings is 1. The second-order valence-corrected chi connectivity index (χ2v) is 5.43. The van der Waals surface area contributed by atoms with Crippen molar-refractivity contribution in [2.45, 2.75) is 18.9 Å². The molecule has 1 aliphatic rings. The standard InChI is InChI=1S/C12H14BrClN2O.ClH/c13-11-4-3-8(14)6-10(11)12(17)16-9-2-1-5-15-7-9;/h3-4,6,9,15H,1-2,5,7H2,(H,16,17);1H. The highest BCUT2D eigenvalue weighted by Gasteiger charge is 2.17. The molecule has 1 heterocycles. The molecule has 1 atom stereocenters. The summed E-state index contributed by atoms with van der Waals surface area (Å²) < 4.78 is 0.767. The summed E-state index contributed by atoms with van der Waals surface area (Å²) in [5.74, 6) is -0.0759. The van der Waals surface area contributed by atoms with E-state index < -0.39 is 0 Å². The van der Waals surface area contributed by atoms with Crippen LogP contribution in [-0.4, -0.2) is 25.0 Å². The lowest BCUT2D eigenvalue weighted by Crippen LogP contribution is -2.45. The summed E-state index contributed by atoms with van der Waals surface area (Å²) in [6.07, 6.45) is 2.12. The Hall–Kier alpha value is -0.290. The molecule has 1 unspecified atom stereocenters. The fourth-order valence-electron chi connectivity index (χ4n) is 1.91. The highest BCUT2D eigenvalue weighted by Crippen LogP contribution is 2.21. The molecule has 1 aliphatic heterocycles. The number of benzene rings is 1. The molecule has 3 nitrogen and oxygen atoms in total. The number of amides is 1. The van der Waals surface area contributed by atoms with Gasteiger partial charge in [-0.15, -0.1) is 12.4 Å². The van der Waals surface area contributed by atoms with Crippen LogP contribution in [0.4, 0.5) is 0 Å². The Morgan fingerprint density at radius 1 is 1.50 bits per heavy atom. The van der Waals surface area contributed by atoms with Gasteiger partial charge in [-0.1, -0.05) is 11.6 Å². The van der Waals surface area contributed by atoms with Crippen LogP contribution in [0.3, 0.4) is 0 Å². The van der Waals surface area contributed by atoms with Crippen molar-refractivity contribution in [1.29, 1.82) is 0 Å². The molecule has 1 fully saturated rings. The van der Waals surface area contributed by atoms with E-state index in [-0.39, 0.29) is 24.4 Å². The largest absolute Gasteiger partial charge is 0.348 e. The van der Waals surface area contributed by atoms with Crippen LogP contribution in [0.1, 0.15) is 23.2 Å². The van der Waals surface area contributed by atoms with Crippen molar-refractivity contribution in [1.82, 2.24) is 10.6 Å². The third-order valence-corrected chi connectivity index (χ3v) is 3.73. The van der Waals surface area contributed by atoms with Crippen LogP contribution in [-0.2, 0) is 0 Å². The summed E-state index contributed by atoms with van der Waals surface area (Å²) >= 11 is 9.25. The minimum atomic E-state index is -0.0759. The van der Waals surface area contributed by atoms with Crippen molar-refractivity contribution in [3.8, 4) is 0 Å². The first-order chi connectivity index (χ1) is 8.16. The van der Waals surface area contributed by atoms with E-state index in [1.165, 1.54) is 0 Å². The molecule has 18 heavy (non-hydrogen) atoms. The molecule has 100 valence electrons. The molecule has 0 spiro atoms. The van der Waals surface area contributed by atoms with Gasteiger partial charge in [0.15, 0.2) is 0 Å². The third kappa shape index (κ3) is 4.12. The maximum atomic E-state index is 12.1. The lowest BCUT2D eigenvalue weighted by molar-refractivity contribution is 0.0930. The molecule has 0 aromatic heterocycles. The first kappa shape index (κ1) is 15.8. The fourth-order valence-corrected chi connectivity index (χ4v) is 2.51. The zero-order chi connectivity index (χ0) is 12.3. The first-order valence-electron chi connectivity index (χ1n) is 5.63. The number of carbonyl (C=O) groups excluding carboxylic acids is 1. The van der Waals surface area contributed by atoms with Gasteiger partial charge in [0.05, 0.1) is 5.56 Å². The van der Waals surface area contributed by atoms with Gasteiger partial charge >= 0.3 is 0 Å². The number of hydrogen-bond donors (Lipinski definition) is 2. The first-order valence-corrected chi connectivity index (χ1v) is 6.80. The van der Waals surface area contributed by atoms with Crippen LogP contribution >= 0.6 is 39.9 Å². The third-order valence-electron chi connectivity index (χ3n) is 2.81. The number of halogens is 3. The Bertz CT molecular complexity index is 423. The molecule has 2 N–H and O–H groups in total. The highest BCUT2D eigenvalue weighted by molar-refractivity contribution is 9.10. The molecule has 6 heteroatoms. The highest BCUT2D eigenvalue weighted by atomic mass is 79.9. The Kier molecular flexibility index (Phi) is 6.43. The van der Waals surface area contributed by atoms with Gasteiger partial charge in [-0.25, -0.2) is 0 Å². The lowest BCUT2D eigenvalue weighted by Gasteiger charge is -2.24. The smallest absolute Gasteiger partial charge is 0.252 e. The summed E-state index contributed by atoms with van der Waals surface area (Å²) in [4.78, 5) is 12.1. The number of hydrogen-bond acceptors (Lipinski definition) is 2. The molecule has 1 amide bonds. The number of nitrogens with one attached hydrogen (secondary N) is 2. The topological polar surface area (TPSA) is 41.1 Å². The van der Waals surface area contributed by atoms with E-state index in [0.717, 1.165) is 30.4 Å². The van der Waals surface area contributed by atoms with Crippen molar-refractivity contribution < 1.29 is 4.79 Å². The molecule has 2 rings (SSSR count). The van der Waals surface area contributed by atoms with Crippen LogP contribution in [0.15, 0.2) is 22.7 Å². The molecule has 1 aromatic rings. The molecular weight excluding hydrogens is 339 g/mol. The van der Waals surface area contributed by atoms with Gasteiger partial charge < -0.3 is 10.6 Å². The summed E-state index contributed by atoms with van der Waals surface area (Å²) in [5, 5.41) is 6.85. The van der Waals surface area contributed by atoms with Crippen molar-refractivity contribution in [3.05, 3.63) is 33.3 Å². The quantitative estimate of drug-likeness (QED) is 0.858. The van der Waals surface area contributed by atoms with Crippen molar-refractivity contribution >= 4 is 45.8 Å². The minimum Gasteiger partial charge on any atom is -0.348 e. The normalized spacial score (nSPS) is 18.9. The van der Waals surface area contributed by atoms with Gasteiger partial charge in [0, 0.05) is 22.1 Å². The van der Waals surface area contributed by atoms with E-state index >= 15 is 0 Å². The molecule has 1 saturated heterocycles. The van der Waals surface area contributed by atoms with E-state index in [1.807, 2.05) is 0 Å². The second-order valence-electron chi connectivity index (χ2n) is 4.14. The molecule has 0 radical (unpaired) electrons. The van der Waals surface area contributed by atoms with Gasteiger partial charge in [0.2, 0.25) is 0 Å². The predicted octanol–water partition coefficient (Wildman–Crippen LogP) is 3.01. The number of rotatable bonds is 2. The molecule has 0 bridgehead atoms. The van der Waals surface area contributed by atoms with Gasteiger partial charge in [-0.3, -0.25) is 4.79 Å². The lowest BCUT2D eigenvalue weighted by atomic mass is 10.1. The maximum absolute atomic E-state index is 12.1. The summed E-state index contributed by atoms with van der Waals surface area (Å²) in [6, 6.07) is 5.43. The monoisotopic (exact) mass is 352 g/mol. The Balaban J connectivity index is 0.00000162. The van der Waals surface area contributed by atoms with Gasteiger partial charge in [-0.2, -0.15) is 0 Å². The van der Waals surface area contributed by atoms with Crippen LogP contribution in [0, 0.1) is 0 Å². The summed E-state index contributed by atoms with van der Waals surface area (Å²) in [5.41, 5.74) is 0.586. The Labute approximate surface area is 126 Å². The van der Waals surface area contributed by atoms with Crippen molar-refractivity contribution in [3.63, 3.8) is 0 Å².